The minimum absolute atomic E-state index is 0.333. The lowest BCUT2D eigenvalue weighted by molar-refractivity contribution is -0.135. The van der Waals surface area contributed by atoms with Crippen LogP contribution in [0, 0.1) is 5.92 Å². The van der Waals surface area contributed by atoms with Crippen LogP contribution in [0.4, 0.5) is 10.5 Å². The number of nitrogens with zero attached hydrogens (tertiary/aromatic N) is 2. The Labute approximate surface area is 175 Å². The van der Waals surface area contributed by atoms with Crippen molar-refractivity contribution in [2.45, 2.75) is 32.2 Å². The van der Waals surface area contributed by atoms with Gasteiger partial charge in [-0.1, -0.05) is 25.4 Å². The topological polar surface area (TPSA) is 91.0 Å². The number of halogens is 1. The summed E-state index contributed by atoms with van der Waals surface area (Å²) in [5, 5.41) is 5.92. The fourth-order valence-corrected chi connectivity index (χ4v) is 4.08. The Balaban J connectivity index is 1.64. The van der Waals surface area contributed by atoms with Crippen molar-refractivity contribution in [2.75, 3.05) is 38.6 Å². The Morgan fingerprint density at radius 1 is 1.31 bits per heavy atom. The van der Waals surface area contributed by atoms with Gasteiger partial charge in [0.15, 0.2) is 0 Å². The second-order valence-electron chi connectivity index (χ2n) is 7.99. The zero-order valence-corrected chi connectivity index (χ0v) is 17.7. The van der Waals surface area contributed by atoms with Crippen LogP contribution >= 0.6 is 11.6 Å². The number of methoxy groups -OCH3 is 1. The van der Waals surface area contributed by atoms with E-state index in [1.807, 2.05) is 0 Å². The molecule has 1 spiro atoms. The number of piperidine rings is 1. The molecule has 0 saturated carbocycles. The normalized spacial score (nSPS) is 19.0. The number of carbonyl (C=O) groups is 3. The number of benzene rings is 1. The first-order chi connectivity index (χ1) is 13.7. The van der Waals surface area contributed by atoms with Gasteiger partial charge in [-0.25, -0.2) is 4.79 Å². The number of imide groups is 1. The number of hydrogen-bond acceptors (Lipinski definition) is 5. The standard InChI is InChI=1S/C20H27ClN4O4/c1-13(2)11-24-8-6-20(7-9-24)18(27)25(19(28)23-20)12-17(26)22-15-10-14(21)4-5-16(15)29-3/h4-5,10,13H,6-9,11-12H2,1-3H3,(H,22,26)(H,23,28). The number of anilines is 1. The maximum absolute atomic E-state index is 13.0. The van der Waals surface area contributed by atoms with Gasteiger partial charge in [-0.15, -0.1) is 0 Å². The first-order valence-corrected chi connectivity index (χ1v) is 10.1. The third-order valence-corrected chi connectivity index (χ3v) is 5.55. The van der Waals surface area contributed by atoms with Crippen LogP contribution in [0.2, 0.25) is 5.02 Å². The predicted octanol–water partition coefficient (Wildman–Crippen LogP) is 2.33. The molecule has 2 aliphatic rings. The maximum atomic E-state index is 13.0. The molecule has 4 amide bonds. The second kappa shape index (κ2) is 8.59. The maximum Gasteiger partial charge on any atom is 0.325 e. The molecule has 1 aromatic carbocycles. The number of carbonyl (C=O) groups excluding carboxylic acids is 3. The minimum atomic E-state index is -0.904. The Morgan fingerprint density at radius 2 is 2.00 bits per heavy atom. The SMILES string of the molecule is COc1ccc(Cl)cc1NC(=O)CN1C(=O)NC2(CCN(CC(C)C)CC2)C1=O. The highest BCUT2D eigenvalue weighted by Crippen LogP contribution is 2.30. The summed E-state index contributed by atoms with van der Waals surface area (Å²) in [6.45, 7) is 6.39. The lowest BCUT2D eigenvalue weighted by Crippen LogP contribution is -2.55. The molecular weight excluding hydrogens is 396 g/mol. The number of ether oxygens (including phenoxy) is 1. The molecule has 2 fully saturated rings. The van der Waals surface area contributed by atoms with Gasteiger partial charge in [0.25, 0.3) is 5.91 Å². The molecule has 2 aliphatic heterocycles. The van der Waals surface area contributed by atoms with Crippen LogP contribution < -0.4 is 15.4 Å². The van der Waals surface area contributed by atoms with E-state index in [0.29, 0.717) is 35.2 Å². The van der Waals surface area contributed by atoms with Crippen molar-refractivity contribution in [3.63, 3.8) is 0 Å². The number of rotatable bonds is 6. The van der Waals surface area contributed by atoms with Crippen LogP contribution in [0.5, 0.6) is 5.75 Å². The molecule has 1 aromatic rings. The fourth-order valence-electron chi connectivity index (χ4n) is 3.90. The number of amides is 4. The fraction of sp³-hybridized carbons (Fsp3) is 0.550. The minimum Gasteiger partial charge on any atom is -0.495 e. The molecule has 2 N–H and O–H groups in total. The summed E-state index contributed by atoms with van der Waals surface area (Å²) in [4.78, 5) is 41.2. The van der Waals surface area contributed by atoms with Gasteiger partial charge in [0.05, 0.1) is 12.8 Å². The van der Waals surface area contributed by atoms with Gasteiger partial charge >= 0.3 is 6.03 Å². The number of hydrogen-bond donors (Lipinski definition) is 2. The number of likely N-dealkylation sites (tertiary alicyclic amines) is 1. The summed E-state index contributed by atoms with van der Waals surface area (Å²) in [7, 11) is 1.48. The van der Waals surface area contributed by atoms with E-state index in [0.717, 1.165) is 24.5 Å². The molecule has 0 atom stereocenters. The highest BCUT2D eigenvalue weighted by molar-refractivity contribution is 6.31. The van der Waals surface area contributed by atoms with E-state index in [1.165, 1.54) is 7.11 Å². The summed E-state index contributed by atoms with van der Waals surface area (Å²) < 4.78 is 5.20. The zero-order chi connectivity index (χ0) is 21.2. The molecule has 3 rings (SSSR count). The molecular formula is C20H27ClN4O4. The number of urea groups is 1. The predicted molar refractivity (Wildman–Crippen MR) is 110 cm³/mol. The van der Waals surface area contributed by atoms with Crippen molar-refractivity contribution in [3.8, 4) is 5.75 Å². The second-order valence-corrected chi connectivity index (χ2v) is 8.43. The Morgan fingerprint density at radius 3 is 2.62 bits per heavy atom. The highest BCUT2D eigenvalue weighted by Gasteiger charge is 2.52. The quantitative estimate of drug-likeness (QED) is 0.686. The summed E-state index contributed by atoms with van der Waals surface area (Å²) in [5.74, 6) is 0.152. The largest absolute Gasteiger partial charge is 0.495 e. The van der Waals surface area contributed by atoms with Crippen LogP contribution in [-0.4, -0.2) is 66.5 Å². The molecule has 0 bridgehead atoms. The Kier molecular flexibility index (Phi) is 6.33. The van der Waals surface area contributed by atoms with Gasteiger partial charge in [0.2, 0.25) is 5.91 Å². The molecule has 158 valence electrons. The number of nitrogens with one attached hydrogen (secondary N) is 2. The Bertz CT molecular complexity index is 806. The monoisotopic (exact) mass is 422 g/mol. The summed E-state index contributed by atoms with van der Waals surface area (Å²) in [5.41, 5.74) is -0.521. The van der Waals surface area contributed by atoms with Gasteiger partial charge in [-0.05, 0) is 37.0 Å². The van der Waals surface area contributed by atoms with Crippen molar-refractivity contribution >= 4 is 35.1 Å². The van der Waals surface area contributed by atoms with Crippen molar-refractivity contribution in [2.24, 2.45) is 5.92 Å². The molecule has 9 heteroatoms. The van der Waals surface area contributed by atoms with Gasteiger partial charge in [-0.2, -0.15) is 0 Å². The van der Waals surface area contributed by atoms with Crippen LogP contribution in [0.1, 0.15) is 26.7 Å². The molecule has 8 nitrogen and oxygen atoms in total. The van der Waals surface area contributed by atoms with Gasteiger partial charge < -0.3 is 20.3 Å². The summed E-state index contributed by atoms with van der Waals surface area (Å²) in [6.07, 6.45) is 1.09. The molecule has 0 radical (unpaired) electrons. The van der Waals surface area contributed by atoms with Crippen molar-refractivity contribution < 1.29 is 19.1 Å². The summed E-state index contributed by atoms with van der Waals surface area (Å²) >= 11 is 5.97. The zero-order valence-electron chi connectivity index (χ0n) is 17.0. The molecule has 0 unspecified atom stereocenters. The third-order valence-electron chi connectivity index (χ3n) is 5.32. The molecule has 29 heavy (non-hydrogen) atoms. The van der Waals surface area contributed by atoms with Crippen LogP contribution in [0.3, 0.4) is 0 Å². The van der Waals surface area contributed by atoms with E-state index < -0.39 is 17.5 Å². The average molecular weight is 423 g/mol. The first kappa shape index (κ1) is 21.4. The van der Waals surface area contributed by atoms with Crippen LogP contribution in [0.15, 0.2) is 18.2 Å². The van der Waals surface area contributed by atoms with E-state index in [4.69, 9.17) is 16.3 Å². The van der Waals surface area contributed by atoms with Crippen molar-refractivity contribution in [3.05, 3.63) is 23.2 Å². The van der Waals surface area contributed by atoms with Gasteiger partial charge in [-0.3, -0.25) is 14.5 Å². The molecule has 2 heterocycles. The average Bonchev–Trinajstić information content (AvgIpc) is 2.88. The van der Waals surface area contributed by atoms with Crippen molar-refractivity contribution in [1.82, 2.24) is 15.1 Å². The Hall–Kier alpha value is -2.32. The highest BCUT2D eigenvalue weighted by atomic mass is 35.5. The smallest absolute Gasteiger partial charge is 0.325 e. The first-order valence-electron chi connectivity index (χ1n) is 9.74. The molecule has 2 saturated heterocycles. The van der Waals surface area contributed by atoms with E-state index >= 15 is 0 Å². The lowest BCUT2D eigenvalue weighted by Gasteiger charge is -2.37. The van der Waals surface area contributed by atoms with Gasteiger partial charge in [0.1, 0.15) is 17.8 Å². The molecule has 0 aromatic heterocycles. The lowest BCUT2D eigenvalue weighted by atomic mass is 9.87. The van der Waals surface area contributed by atoms with E-state index in [9.17, 15) is 14.4 Å². The van der Waals surface area contributed by atoms with E-state index in [1.54, 1.807) is 18.2 Å². The van der Waals surface area contributed by atoms with Crippen molar-refractivity contribution in [1.29, 1.82) is 0 Å². The van der Waals surface area contributed by atoms with Crippen LogP contribution in [0.25, 0.3) is 0 Å². The summed E-state index contributed by atoms with van der Waals surface area (Å²) in [6, 6.07) is 4.30. The molecule has 0 aliphatic carbocycles. The van der Waals surface area contributed by atoms with E-state index in [-0.39, 0.29) is 12.5 Å². The van der Waals surface area contributed by atoms with Crippen LogP contribution in [-0.2, 0) is 9.59 Å². The third kappa shape index (κ3) is 4.64. The van der Waals surface area contributed by atoms with Gasteiger partial charge in [0, 0.05) is 24.7 Å². The van der Waals surface area contributed by atoms with E-state index in [2.05, 4.69) is 29.4 Å².